The molecule has 0 radical (unpaired) electrons. The number of pyridine rings is 1. The Morgan fingerprint density at radius 1 is 1.36 bits per heavy atom. The van der Waals surface area contributed by atoms with Crippen LogP contribution in [-0.2, 0) is 19.4 Å². The number of rotatable bonds is 4. The molecule has 3 aromatic rings. The van der Waals surface area contributed by atoms with Crippen molar-refractivity contribution in [2.45, 2.75) is 58.7 Å². The smallest absolute Gasteiger partial charge is 0.191 e. The fourth-order valence-corrected chi connectivity index (χ4v) is 3.68. The van der Waals surface area contributed by atoms with E-state index in [1.165, 1.54) is 16.8 Å². The minimum atomic E-state index is 0.345. The summed E-state index contributed by atoms with van der Waals surface area (Å²) in [6.45, 7) is 7.06. The van der Waals surface area contributed by atoms with Crippen molar-refractivity contribution in [3.8, 4) is 0 Å². The molecule has 4 rings (SSSR count). The first-order valence-corrected chi connectivity index (χ1v) is 10.00. The van der Waals surface area contributed by atoms with E-state index in [-0.39, 0.29) is 0 Å². The number of hydrogen-bond acceptors (Lipinski definition) is 3. The summed E-state index contributed by atoms with van der Waals surface area (Å²) in [4.78, 5) is 9.07. The van der Waals surface area contributed by atoms with E-state index in [0.29, 0.717) is 18.6 Å². The predicted octanol–water partition coefficient (Wildman–Crippen LogP) is 2.64. The number of nitrogens with zero attached hydrogens (tertiary/aromatic N) is 5. The molecule has 1 atom stereocenters. The zero-order chi connectivity index (χ0) is 19.7. The van der Waals surface area contributed by atoms with Crippen LogP contribution in [0.2, 0.25) is 0 Å². The molecule has 0 saturated carbocycles. The molecule has 0 aliphatic heterocycles. The van der Waals surface area contributed by atoms with Crippen molar-refractivity contribution in [2.24, 2.45) is 4.99 Å². The number of imidazole rings is 1. The van der Waals surface area contributed by atoms with E-state index in [0.717, 1.165) is 36.6 Å². The van der Waals surface area contributed by atoms with Crippen LogP contribution in [0.1, 0.15) is 48.8 Å². The normalized spacial score (nSPS) is 17.2. The molecule has 7 nitrogen and oxygen atoms in total. The first kappa shape index (κ1) is 18.5. The number of nitrogens with one attached hydrogen (secondary N) is 2. The topological polar surface area (TPSA) is 71.5 Å². The van der Waals surface area contributed by atoms with Gasteiger partial charge in [0.1, 0.15) is 5.65 Å². The number of aliphatic imine (C=N–C) groups is 1. The molecule has 1 aliphatic rings. The lowest BCUT2D eigenvalue weighted by Crippen LogP contribution is -2.45. The molecule has 28 heavy (non-hydrogen) atoms. The van der Waals surface area contributed by atoms with E-state index < -0.39 is 0 Å². The Labute approximate surface area is 165 Å². The monoisotopic (exact) mass is 379 g/mol. The van der Waals surface area contributed by atoms with Gasteiger partial charge in [0.05, 0.1) is 17.9 Å². The summed E-state index contributed by atoms with van der Waals surface area (Å²) in [6, 6.07) is 4.93. The van der Waals surface area contributed by atoms with Gasteiger partial charge in [-0.15, -0.1) is 0 Å². The van der Waals surface area contributed by atoms with Crippen LogP contribution in [0.5, 0.6) is 0 Å². The number of aromatic nitrogens is 4. The van der Waals surface area contributed by atoms with Crippen molar-refractivity contribution >= 4 is 11.6 Å². The van der Waals surface area contributed by atoms with Gasteiger partial charge in [0.15, 0.2) is 5.96 Å². The van der Waals surface area contributed by atoms with Gasteiger partial charge in [0.2, 0.25) is 0 Å². The molecule has 7 heteroatoms. The van der Waals surface area contributed by atoms with Crippen molar-refractivity contribution in [1.29, 1.82) is 0 Å². The highest BCUT2D eigenvalue weighted by Gasteiger charge is 2.23. The maximum atomic E-state index is 4.76. The van der Waals surface area contributed by atoms with Crippen LogP contribution in [0, 0.1) is 6.92 Å². The molecule has 0 saturated heterocycles. The van der Waals surface area contributed by atoms with Gasteiger partial charge in [0.25, 0.3) is 0 Å². The fraction of sp³-hybridized carbons (Fsp3) is 0.476. The average molecular weight is 380 g/mol. The zero-order valence-corrected chi connectivity index (χ0v) is 17.1. The number of guanidine groups is 1. The van der Waals surface area contributed by atoms with Crippen LogP contribution >= 0.6 is 0 Å². The number of aryl methyl sites for hydroxylation is 2. The predicted molar refractivity (Wildman–Crippen MR) is 112 cm³/mol. The molecule has 1 aliphatic carbocycles. The van der Waals surface area contributed by atoms with E-state index in [4.69, 9.17) is 5.10 Å². The molecule has 3 heterocycles. The summed E-state index contributed by atoms with van der Waals surface area (Å²) < 4.78 is 4.12. The van der Waals surface area contributed by atoms with Gasteiger partial charge in [-0.1, -0.05) is 0 Å². The third kappa shape index (κ3) is 3.88. The lowest BCUT2D eigenvalue weighted by atomic mass is 9.94. The summed E-state index contributed by atoms with van der Waals surface area (Å²) in [5, 5.41) is 11.7. The maximum absolute atomic E-state index is 4.76. The Balaban J connectivity index is 1.36. The van der Waals surface area contributed by atoms with Gasteiger partial charge in [0, 0.05) is 44.1 Å². The van der Waals surface area contributed by atoms with Crippen LogP contribution < -0.4 is 10.6 Å². The molecular formula is C21H29N7. The van der Waals surface area contributed by atoms with Crippen LogP contribution in [0.3, 0.4) is 0 Å². The van der Waals surface area contributed by atoms with Gasteiger partial charge in [-0.05, 0) is 56.9 Å². The van der Waals surface area contributed by atoms with Crippen LogP contribution in [0.15, 0.2) is 35.7 Å². The van der Waals surface area contributed by atoms with E-state index >= 15 is 0 Å². The van der Waals surface area contributed by atoms with Gasteiger partial charge in [-0.3, -0.25) is 9.67 Å². The van der Waals surface area contributed by atoms with E-state index in [1.54, 1.807) is 0 Å². The Bertz CT molecular complexity index is 996. The Hall–Kier alpha value is -2.83. The molecular weight excluding hydrogens is 350 g/mol. The second kappa shape index (κ2) is 7.66. The van der Waals surface area contributed by atoms with Crippen LogP contribution in [-0.4, -0.2) is 38.2 Å². The summed E-state index contributed by atoms with van der Waals surface area (Å²) in [5.41, 5.74) is 5.78. The lowest BCUT2D eigenvalue weighted by molar-refractivity contribution is 0.499. The Morgan fingerprint density at radius 3 is 3.00 bits per heavy atom. The molecule has 0 bridgehead atoms. The van der Waals surface area contributed by atoms with Crippen molar-refractivity contribution in [3.05, 3.63) is 53.2 Å². The third-order valence-electron chi connectivity index (χ3n) is 5.29. The summed E-state index contributed by atoms with van der Waals surface area (Å²) in [7, 11) is 1.81. The standard InChI is InChI=1S/C21H29N7/c1-14(2)28-12-16-5-6-17(10-19(16)26-28)25-21(22-4)23-11-18-13-27-8-7-15(3)9-20(27)24-18/h7-9,12-14,17H,5-6,10-11H2,1-4H3,(H2,22,23,25). The van der Waals surface area contributed by atoms with Crippen LogP contribution in [0.25, 0.3) is 5.65 Å². The fourth-order valence-electron chi connectivity index (χ4n) is 3.68. The summed E-state index contributed by atoms with van der Waals surface area (Å²) >= 11 is 0. The highest BCUT2D eigenvalue weighted by atomic mass is 15.3. The third-order valence-corrected chi connectivity index (χ3v) is 5.29. The average Bonchev–Trinajstić information content (AvgIpc) is 3.27. The van der Waals surface area contributed by atoms with Gasteiger partial charge < -0.3 is 15.0 Å². The number of hydrogen-bond donors (Lipinski definition) is 2. The zero-order valence-electron chi connectivity index (χ0n) is 17.1. The van der Waals surface area contributed by atoms with Crippen molar-refractivity contribution in [1.82, 2.24) is 29.8 Å². The molecule has 0 aromatic carbocycles. The van der Waals surface area contributed by atoms with Gasteiger partial charge in [-0.25, -0.2) is 4.98 Å². The molecule has 1 unspecified atom stereocenters. The molecule has 0 amide bonds. The van der Waals surface area contributed by atoms with E-state index in [2.05, 4.69) is 70.6 Å². The number of fused-ring (bicyclic) bond motifs is 2. The Morgan fingerprint density at radius 2 is 2.21 bits per heavy atom. The highest BCUT2D eigenvalue weighted by Crippen LogP contribution is 2.21. The van der Waals surface area contributed by atoms with Gasteiger partial charge >= 0.3 is 0 Å². The second-order valence-electron chi connectivity index (χ2n) is 7.89. The van der Waals surface area contributed by atoms with E-state index in [1.807, 2.05) is 17.6 Å². The largest absolute Gasteiger partial charge is 0.353 e. The van der Waals surface area contributed by atoms with Crippen molar-refractivity contribution in [2.75, 3.05) is 7.05 Å². The summed E-state index contributed by atoms with van der Waals surface area (Å²) in [5.74, 6) is 0.810. The minimum absolute atomic E-state index is 0.345. The quantitative estimate of drug-likeness (QED) is 0.540. The maximum Gasteiger partial charge on any atom is 0.191 e. The molecule has 0 fully saturated rings. The second-order valence-corrected chi connectivity index (χ2v) is 7.89. The van der Waals surface area contributed by atoms with Crippen LogP contribution in [0.4, 0.5) is 0 Å². The SMILES string of the molecule is CN=C(NCc1cn2ccc(C)cc2n1)NC1CCc2cn(C(C)C)nc2C1. The van der Waals surface area contributed by atoms with Gasteiger partial charge in [-0.2, -0.15) is 5.10 Å². The first-order chi connectivity index (χ1) is 13.5. The highest BCUT2D eigenvalue weighted by molar-refractivity contribution is 5.80. The molecule has 0 spiro atoms. The van der Waals surface area contributed by atoms with Crippen molar-refractivity contribution in [3.63, 3.8) is 0 Å². The molecule has 2 N–H and O–H groups in total. The van der Waals surface area contributed by atoms with E-state index in [9.17, 15) is 0 Å². The molecule has 148 valence electrons. The summed E-state index contributed by atoms with van der Waals surface area (Å²) in [6.07, 6.45) is 9.38. The first-order valence-electron chi connectivity index (χ1n) is 10.00. The Kier molecular flexibility index (Phi) is 5.07. The van der Waals surface area contributed by atoms with Crippen molar-refractivity contribution < 1.29 is 0 Å². The lowest BCUT2D eigenvalue weighted by Gasteiger charge is -2.24. The molecule has 3 aromatic heterocycles. The minimum Gasteiger partial charge on any atom is -0.353 e.